The second-order valence-electron chi connectivity index (χ2n) is 4.77. The van der Waals surface area contributed by atoms with Crippen molar-refractivity contribution >= 4 is 5.91 Å². The molecule has 2 rings (SSSR count). The third kappa shape index (κ3) is 3.46. The van der Waals surface area contributed by atoms with Crippen LogP contribution in [0.25, 0.3) is 11.5 Å². The Hall–Kier alpha value is -2.11. The SMILES string of the molecule is CCC(C)NC(=O)CCc1nnc(-c2ccoc2C)o1. The van der Waals surface area contributed by atoms with Crippen LogP contribution in [-0.2, 0) is 11.2 Å². The van der Waals surface area contributed by atoms with Gasteiger partial charge in [-0.25, -0.2) is 0 Å². The van der Waals surface area contributed by atoms with E-state index in [2.05, 4.69) is 15.5 Å². The smallest absolute Gasteiger partial charge is 0.251 e. The van der Waals surface area contributed by atoms with Crippen LogP contribution < -0.4 is 5.32 Å². The van der Waals surface area contributed by atoms with E-state index in [1.54, 1.807) is 12.3 Å². The topological polar surface area (TPSA) is 81.2 Å². The summed E-state index contributed by atoms with van der Waals surface area (Å²) in [6.07, 6.45) is 3.27. The normalized spacial score (nSPS) is 12.3. The van der Waals surface area contributed by atoms with Gasteiger partial charge in [-0.15, -0.1) is 10.2 Å². The summed E-state index contributed by atoms with van der Waals surface area (Å²) in [7, 11) is 0. The summed E-state index contributed by atoms with van der Waals surface area (Å²) in [5.41, 5.74) is 0.785. The molecular weight excluding hydrogens is 258 g/mol. The number of aromatic nitrogens is 2. The molecule has 0 radical (unpaired) electrons. The average Bonchev–Trinajstić information content (AvgIpc) is 3.04. The Kier molecular flexibility index (Phi) is 4.55. The first kappa shape index (κ1) is 14.3. The zero-order valence-electron chi connectivity index (χ0n) is 12.0. The van der Waals surface area contributed by atoms with E-state index in [-0.39, 0.29) is 11.9 Å². The molecule has 1 atom stereocenters. The number of nitrogens with one attached hydrogen (secondary N) is 1. The molecule has 0 bridgehead atoms. The highest BCUT2D eigenvalue weighted by molar-refractivity contribution is 5.76. The lowest BCUT2D eigenvalue weighted by Gasteiger charge is -2.10. The molecule has 0 aliphatic rings. The third-order valence-electron chi connectivity index (χ3n) is 3.14. The van der Waals surface area contributed by atoms with Crippen molar-refractivity contribution in [2.24, 2.45) is 0 Å². The lowest BCUT2D eigenvalue weighted by molar-refractivity contribution is -0.121. The van der Waals surface area contributed by atoms with Crippen molar-refractivity contribution in [3.05, 3.63) is 24.0 Å². The highest BCUT2D eigenvalue weighted by Gasteiger charge is 2.14. The van der Waals surface area contributed by atoms with Gasteiger partial charge >= 0.3 is 0 Å². The lowest BCUT2D eigenvalue weighted by atomic mass is 10.2. The van der Waals surface area contributed by atoms with Crippen LogP contribution in [-0.4, -0.2) is 22.1 Å². The van der Waals surface area contributed by atoms with Crippen LogP contribution in [0.5, 0.6) is 0 Å². The van der Waals surface area contributed by atoms with Gasteiger partial charge in [-0.1, -0.05) is 6.92 Å². The number of furan rings is 1. The lowest BCUT2D eigenvalue weighted by Crippen LogP contribution is -2.32. The molecular formula is C14H19N3O3. The molecule has 20 heavy (non-hydrogen) atoms. The van der Waals surface area contributed by atoms with Gasteiger partial charge in [0.05, 0.1) is 11.8 Å². The van der Waals surface area contributed by atoms with Gasteiger partial charge in [0.15, 0.2) is 0 Å². The number of carbonyl (C=O) groups excluding carboxylic acids is 1. The summed E-state index contributed by atoms with van der Waals surface area (Å²) >= 11 is 0. The molecule has 2 aromatic heterocycles. The monoisotopic (exact) mass is 277 g/mol. The van der Waals surface area contributed by atoms with E-state index in [0.29, 0.717) is 24.6 Å². The van der Waals surface area contributed by atoms with Gasteiger partial charge in [-0.2, -0.15) is 0 Å². The summed E-state index contributed by atoms with van der Waals surface area (Å²) in [4.78, 5) is 11.7. The highest BCUT2D eigenvalue weighted by Crippen LogP contribution is 2.22. The Morgan fingerprint density at radius 1 is 1.45 bits per heavy atom. The van der Waals surface area contributed by atoms with Crippen molar-refractivity contribution in [3.63, 3.8) is 0 Å². The van der Waals surface area contributed by atoms with Crippen LogP contribution in [0.1, 0.15) is 38.3 Å². The summed E-state index contributed by atoms with van der Waals surface area (Å²) in [5, 5.41) is 10.8. The van der Waals surface area contributed by atoms with E-state index in [9.17, 15) is 4.79 Å². The molecule has 0 fully saturated rings. The first-order chi connectivity index (χ1) is 9.60. The molecule has 0 aliphatic heterocycles. The minimum atomic E-state index is -0.00130. The van der Waals surface area contributed by atoms with Crippen molar-refractivity contribution in [2.75, 3.05) is 0 Å². The molecule has 108 valence electrons. The van der Waals surface area contributed by atoms with Crippen molar-refractivity contribution in [3.8, 4) is 11.5 Å². The molecule has 2 heterocycles. The van der Waals surface area contributed by atoms with E-state index >= 15 is 0 Å². The zero-order valence-corrected chi connectivity index (χ0v) is 12.0. The van der Waals surface area contributed by atoms with Gasteiger partial charge in [0.25, 0.3) is 5.89 Å². The number of aryl methyl sites for hydroxylation is 2. The molecule has 6 nitrogen and oxygen atoms in total. The molecule has 0 aliphatic carbocycles. The maximum atomic E-state index is 11.7. The Bertz CT molecular complexity index is 574. The number of rotatable bonds is 6. The first-order valence-electron chi connectivity index (χ1n) is 6.76. The predicted molar refractivity (Wildman–Crippen MR) is 73.0 cm³/mol. The van der Waals surface area contributed by atoms with Gasteiger partial charge in [0.2, 0.25) is 11.8 Å². The fourth-order valence-electron chi connectivity index (χ4n) is 1.74. The van der Waals surface area contributed by atoms with Crippen molar-refractivity contribution in [1.82, 2.24) is 15.5 Å². The van der Waals surface area contributed by atoms with E-state index in [1.165, 1.54) is 0 Å². The second-order valence-corrected chi connectivity index (χ2v) is 4.77. The fraction of sp³-hybridized carbons (Fsp3) is 0.500. The third-order valence-corrected chi connectivity index (χ3v) is 3.14. The predicted octanol–water partition coefficient (Wildman–Crippen LogP) is 2.49. The van der Waals surface area contributed by atoms with Crippen LogP contribution in [0.15, 0.2) is 21.2 Å². The van der Waals surface area contributed by atoms with Crippen molar-refractivity contribution in [1.29, 1.82) is 0 Å². The Labute approximate surface area is 117 Å². The van der Waals surface area contributed by atoms with Crippen LogP contribution >= 0.6 is 0 Å². The van der Waals surface area contributed by atoms with Gasteiger partial charge in [-0.3, -0.25) is 4.79 Å². The number of carbonyl (C=O) groups is 1. The Balaban J connectivity index is 1.91. The zero-order chi connectivity index (χ0) is 14.5. The van der Waals surface area contributed by atoms with Crippen LogP contribution in [0.2, 0.25) is 0 Å². The van der Waals surface area contributed by atoms with Crippen molar-refractivity contribution < 1.29 is 13.6 Å². The molecule has 2 aromatic rings. The molecule has 0 spiro atoms. The van der Waals surface area contributed by atoms with Gasteiger partial charge in [-0.05, 0) is 26.3 Å². The summed E-state index contributed by atoms with van der Waals surface area (Å²) in [5.74, 6) is 1.61. The molecule has 0 saturated carbocycles. The van der Waals surface area contributed by atoms with Crippen LogP contribution in [0, 0.1) is 6.92 Å². The minimum Gasteiger partial charge on any atom is -0.469 e. The molecule has 0 aromatic carbocycles. The Morgan fingerprint density at radius 2 is 2.25 bits per heavy atom. The molecule has 1 N–H and O–H groups in total. The van der Waals surface area contributed by atoms with Crippen LogP contribution in [0.4, 0.5) is 0 Å². The standard InChI is InChI=1S/C14H19N3O3/c1-4-9(2)15-12(18)5-6-13-16-17-14(20-13)11-7-8-19-10(11)3/h7-9H,4-6H2,1-3H3,(H,15,18). The molecule has 0 saturated heterocycles. The second kappa shape index (κ2) is 6.36. The highest BCUT2D eigenvalue weighted by atomic mass is 16.4. The fourth-order valence-corrected chi connectivity index (χ4v) is 1.74. The summed E-state index contributed by atoms with van der Waals surface area (Å²) in [6, 6.07) is 1.97. The Morgan fingerprint density at radius 3 is 2.90 bits per heavy atom. The molecule has 6 heteroatoms. The van der Waals surface area contributed by atoms with Gasteiger partial charge in [0.1, 0.15) is 5.76 Å². The quantitative estimate of drug-likeness (QED) is 0.877. The minimum absolute atomic E-state index is 0.00130. The van der Waals surface area contributed by atoms with E-state index in [1.807, 2.05) is 20.8 Å². The average molecular weight is 277 g/mol. The maximum absolute atomic E-state index is 11.7. The maximum Gasteiger partial charge on any atom is 0.251 e. The number of nitrogens with zero attached hydrogens (tertiary/aromatic N) is 2. The van der Waals surface area contributed by atoms with Gasteiger partial charge in [0, 0.05) is 18.9 Å². The van der Waals surface area contributed by atoms with Gasteiger partial charge < -0.3 is 14.2 Å². The molecule has 1 amide bonds. The van der Waals surface area contributed by atoms with Crippen LogP contribution in [0.3, 0.4) is 0 Å². The van der Waals surface area contributed by atoms with E-state index in [4.69, 9.17) is 8.83 Å². The summed E-state index contributed by atoms with van der Waals surface area (Å²) < 4.78 is 10.7. The van der Waals surface area contributed by atoms with Crippen molar-refractivity contribution in [2.45, 2.75) is 46.1 Å². The number of hydrogen-bond donors (Lipinski definition) is 1. The molecule has 1 unspecified atom stereocenters. The number of hydrogen-bond acceptors (Lipinski definition) is 5. The van der Waals surface area contributed by atoms with E-state index in [0.717, 1.165) is 17.7 Å². The largest absolute Gasteiger partial charge is 0.469 e. The first-order valence-corrected chi connectivity index (χ1v) is 6.76. The van der Waals surface area contributed by atoms with E-state index < -0.39 is 0 Å². The summed E-state index contributed by atoms with van der Waals surface area (Å²) in [6.45, 7) is 5.84. The number of amides is 1.